The summed E-state index contributed by atoms with van der Waals surface area (Å²) in [6.07, 6.45) is 4.48. The second-order valence-corrected chi connectivity index (χ2v) is 12.4. The summed E-state index contributed by atoms with van der Waals surface area (Å²) in [5.74, 6) is -0.875. The first-order valence-corrected chi connectivity index (χ1v) is 14.4. The molecule has 0 saturated heterocycles. The van der Waals surface area contributed by atoms with Crippen molar-refractivity contribution in [3.8, 4) is 16.9 Å². The van der Waals surface area contributed by atoms with Crippen LogP contribution in [-0.4, -0.2) is 46.9 Å². The number of benzene rings is 2. The van der Waals surface area contributed by atoms with Crippen LogP contribution in [0.25, 0.3) is 22.0 Å². The zero-order valence-electron chi connectivity index (χ0n) is 24.2. The number of fused-ring (bicyclic) bond motifs is 3. The van der Waals surface area contributed by atoms with Gasteiger partial charge in [0, 0.05) is 36.3 Å². The molecule has 2 saturated carbocycles. The van der Waals surface area contributed by atoms with Crippen LogP contribution in [0, 0.1) is 0 Å². The molecule has 2 fully saturated rings. The summed E-state index contributed by atoms with van der Waals surface area (Å²) in [4.78, 5) is 40.7. The Morgan fingerprint density at radius 1 is 1.12 bits per heavy atom. The molecule has 3 aliphatic rings. The molecule has 6 rings (SSSR count). The van der Waals surface area contributed by atoms with Crippen LogP contribution in [0.5, 0.6) is 5.75 Å². The van der Waals surface area contributed by atoms with E-state index < -0.39 is 23.6 Å². The third kappa shape index (κ3) is 5.12. The van der Waals surface area contributed by atoms with Crippen molar-refractivity contribution >= 4 is 23.0 Å². The molecule has 42 heavy (non-hydrogen) atoms. The molecule has 1 aliphatic heterocycles. The number of aromatic nitrogens is 1. The van der Waals surface area contributed by atoms with Gasteiger partial charge in [-0.25, -0.2) is 9.59 Å². The van der Waals surface area contributed by atoms with Crippen LogP contribution >= 0.6 is 0 Å². The lowest BCUT2D eigenvalue weighted by Crippen LogP contribution is -2.44. The fourth-order valence-corrected chi connectivity index (χ4v) is 6.00. The van der Waals surface area contributed by atoms with Gasteiger partial charge >= 0.3 is 18.7 Å². The number of nitrogens with zero attached hydrogens (tertiary/aromatic N) is 2. The first-order valence-electron chi connectivity index (χ1n) is 14.4. The molecule has 2 aliphatic carbocycles. The Morgan fingerprint density at radius 3 is 2.48 bits per heavy atom. The van der Waals surface area contributed by atoms with E-state index in [1.807, 2.05) is 39.0 Å². The summed E-state index contributed by atoms with van der Waals surface area (Å²) in [5.41, 5.74) is 1.80. The summed E-state index contributed by atoms with van der Waals surface area (Å²) in [5, 5.41) is 0.109. The highest BCUT2D eigenvalue weighted by Crippen LogP contribution is 2.53. The maximum absolute atomic E-state index is 13.9. The Labute approximate surface area is 242 Å². The maximum atomic E-state index is 13.9. The zero-order valence-corrected chi connectivity index (χ0v) is 24.2. The van der Waals surface area contributed by atoms with Crippen LogP contribution in [-0.2, 0) is 21.4 Å². The molecule has 0 unspecified atom stereocenters. The molecule has 1 spiro atoms. The van der Waals surface area contributed by atoms with E-state index in [9.17, 15) is 23.2 Å². The maximum Gasteiger partial charge on any atom is 0.410 e. The number of alkyl halides is 2. The highest BCUT2D eigenvalue weighted by molar-refractivity contribution is 5.98. The Morgan fingerprint density at radius 2 is 1.86 bits per heavy atom. The summed E-state index contributed by atoms with van der Waals surface area (Å²) in [6.45, 7) is 4.99. The lowest BCUT2D eigenvalue weighted by atomic mass is 9.85. The number of halogens is 2. The predicted molar refractivity (Wildman–Crippen MR) is 152 cm³/mol. The minimum Gasteiger partial charge on any atom is -0.462 e. The van der Waals surface area contributed by atoms with E-state index in [1.54, 1.807) is 28.5 Å². The minimum atomic E-state index is -3.14. The molecule has 8 nitrogen and oxygen atoms in total. The predicted octanol–water partition coefficient (Wildman–Crippen LogP) is 6.56. The van der Waals surface area contributed by atoms with Crippen LogP contribution in [0.15, 0.2) is 41.3 Å². The normalized spacial score (nSPS) is 17.4. The molecule has 2 aromatic carbocycles. The Hall–Kier alpha value is -3.95. The number of pyridine rings is 1. The molecular formula is C32H34F2N2O6. The largest absolute Gasteiger partial charge is 0.462 e. The van der Waals surface area contributed by atoms with Gasteiger partial charge in [-0.05, 0) is 88.3 Å². The van der Waals surface area contributed by atoms with Crippen molar-refractivity contribution in [3.05, 3.63) is 63.4 Å². The molecule has 10 heteroatoms. The lowest BCUT2D eigenvalue weighted by Gasteiger charge is -2.36. The van der Waals surface area contributed by atoms with Gasteiger partial charge < -0.3 is 23.7 Å². The highest BCUT2D eigenvalue weighted by atomic mass is 19.3. The third-order valence-electron chi connectivity index (χ3n) is 8.14. The molecule has 222 valence electrons. The third-order valence-corrected chi connectivity index (χ3v) is 8.14. The van der Waals surface area contributed by atoms with Crippen molar-refractivity contribution in [1.82, 2.24) is 9.47 Å². The number of rotatable bonds is 6. The number of esters is 1. The SMILES string of the molecule is CCOC(=O)c1cn(C2CC2)c2c(OC(F)F)c(-c3ccc4c(c3)CN(C(=O)OC(C)(C)C)CC43CC3)ccc2c1=O. The van der Waals surface area contributed by atoms with Gasteiger partial charge in [0.2, 0.25) is 5.43 Å². The van der Waals surface area contributed by atoms with Crippen molar-refractivity contribution in [2.24, 2.45) is 0 Å². The number of carbonyl (C=O) groups is 2. The van der Waals surface area contributed by atoms with Gasteiger partial charge in [0.1, 0.15) is 11.2 Å². The van der Waals surface area contributed by atoms with Gasteiger partial charge in [0.05, 0.1) is 17.5 Å². The van der Waals surface area contributed by atoms with E-state index in [0.717, 1.165) is 36.8 Å². The molecule has 0 atom stereocenters. The molecule has 3 aromatic rings. The highest BCUT2D eigenvalue weighted by Gasteiger charge is 2.50. The van der Waals surface area contributed by atoms with Crippen molar-refractivity contribution in [3.63, 3.8) is 0 Å². The Bertz CT molecular complexity index is 1650. The van der Waals surface area contributed by atoms with Gasteiger partial charge in [0.15, 0.2) is 5.75 Å². The second-order valence-electron chi connectivity index (χ2n) is 12.4. The quantitative estimate of drug-likeness (QED) is 0.307. The van der Waals surface area contributed by atoms with Crippen LogP contribution in [0.1, 0.15) is 80.9 Å². The average molecular weight is 581 g/mol. The Kier molecular flexibility index (Phi) is 6.78. The standard InChI is InChI=1S/C32H34F2N2O6/c1-5-40-28(38)23-16-36(20-7-8-20)25-22(26(23)37)10-9-21(27(25)41-29(33)34)18-6-11-24-19(14-18)15-35(17-32(24)12-13-32)30(39)42-31(2,3)4/h6,9-11,14,16,20,29H,5,7-8,12-13,15,17H2,1-4H3. The van der Waals surface area contributed by atoms with Gasteiger partial charge in [-0.1, -0.05) is 12.1 Å². The molecule has 0 radical (unpaired) electrons. The van der Waals surface area contributed by atoms with Crippen molar-refractivity contribution in [1.29, 1.82) is 0 Å². The number of hydrogen-bond acceptors (Lipinski definition) is 6. The van der Waals surface area contributed by atoms with Crippen LogP contribution in [0.4, 0.5) is 13.6 Å². The first-order chi connectivity index (χ1) is 19.9. The van der Waals surface area contributed by atoms with Crippen LogP contribution in [0.3, 0.4) is 0 Å². The summed E-state index contributed by atoms with van der Waals surface area (Å²) in [7, 11) is 0. The van der Waals surface area contributed by atoms with Crippen molar-refractivity contribution in [2.75, 3.05) is 13.2 Å². The van der Waals surface area contributed by atoms with E-state index in [-0.39, 0.29) is 46.4 Å². The van der Waals surface area contributed by atoms with E-state index in [4.69, 9.17) is 14.2 Å². The molecule has 1 amide bonds. The average Bonchev–Trinajstić information content (AvgIpc) is 3.85. The topological polar surface area (TPSA) is 87.1 Å². The smallest absolute Gasteiger partial charge is 0.410 e. The van der Waals surface area contributed by atoms with Gasteiger partial charge in [-0.15, -0.1) is 0 Å². The van der Waals surface area contributed by atoms with E-state index in [1.165, 1.54) is 6.20 Å². The van der Waals surface area contributed by atoms with E-state index in [2.05, 4.69) is 0 Å². The van der Waals surface area contributed by atoms with Gasteiger partial charge in [-0.3, -0.25) is 4.79 Å². The first kappa shape index (κ1) is 28.2. The number of hydrogen-bond donors (Lipinski definition) is 0. The van der Waals surface area contributed by atoms with Crippen LogP contribution in [0.2, 0.25) is 0 Å². The summed E-state index contributed by atoms with van der Waals surface area (Å²) >= 11 is 0. The fraction of sp³-hybridized carbons (Fsp3) is 0.469. The van der Waals surface area contributed by atoms with Crippen LogP contribution < -0.4 is 10.2 Å². The molecular weight excluding hydrogens is 546 g/mol. The lowest BCUT2D eigenvalue weighted by molar-refractivity contribution is -0.0486. The zero-order chi connectivity index (χ0) is 30.0. The van der Waals surface area contributed by atoms with Gasteiger partial charge in [0.25, 0.3) is 0 Å². The summed E-state index contributed by atoms with van der Waals surface area (Å²) < 4.78 is 45.4. The molecule has 1 aromatic heterocycles. The van der Waals surface area contributed by atoms with E-state index in [0.29, 0.717) is 24.2 Å². The monoisotopic (exact) mass is 580 g/mol. The van der Waals surface area contributed by atoms with Crippen molar-refractivity contribution < 1.29 is 32.6 Å². The second kappa shape index (κ2) is 10.1. The molecule has 0 bridgehead atoms. The number of carbonyl (C=O) groups excluding carboxylic acids is 2. The molecule has 2 heterocycles. The van der Waals surface area contributed by atoms with Crippen molar-refractivity contribution in [2.45, 2.75) is 83.6 Å². The minimum absolute atomic E-state index is 0.0582. The Balaban J connectivity index is 1.49. The summed E-state index contributed by atoms with van der Waals surface area (Å²) in [6, 6.07) is 8.89. The molecule has 0 N–H and O–H groups in total. The number of ether oxygens (including phenoxy) is 3. The number of amides is 1. The fourth-order valence-electron chi connectivity index (χ4n) is 6.00. The van der Waals surface area contributed by atoms with E-state index >= 15 is 0 Å². The van der Waals surface area contributed by atoms with Gasteiger partial charge in [-0.2, -0.15) is 8.78 Å².